The van der Waals surface area contributed by atoms with Gasteiger partial charge in [0.2, 0.25) is 0 Å². The van der Waals surface area contributed by atoms with Gasteiger partial charge in [0.1, 0.15) is 0 Å². The molecule has 2 rings (SSSR count). The first-order chi connectivity index (χ1) is 5.68. The highest BCUT2D eigenvalue weighted by Gasteiger charge is 2.38. The molecule has 0 saturated carbocycles. The summed E-state index contributed by atoms with van der Waals surface area (Å²) in [6.45, 7) is 7.06. The Balaban J connectivity index is 2.20. The molecule has 12 heavy (non-hydrogen) atoms. The van der Waals surface area contributed by atoms with Crippen LogP contribution in [0.25, 0.3) is 0 Å². The van der Waals surface area contributed by atoms with Crippen LogP contribution in [0.15, 0.2) is 0 Å². The molecule has 0 aromatic carbocycles. The minimum Gasteiger partial charge on any atom is -0.306 e. The average molecular weight is 163 g/mol. The molecule has 66 valence electrons. The van der Waals surface area contributed by atoms with Crippen molar-refractivity contribution in [2.24, 2.45) is 23.7 Å². The topological polar surface area (TPSA) is 3.24 Å². The Labute approximate surface area is 75.1 Å². The van der Waals surface area contributed by atoms with Crippen LogP contribution >= 0.6 is 0 Å². The zero-order chi connectivity index (χ0) is 8.72. The van der Waals surface area contributed by atoms with Crippen molar-refractivity contribution >= 4 is 0 Å². The quantitative estimate of drug-likeness (QED) is 0.489. The third-order valence-electron chi connectivity index (χ3n) is 3.42. The molecule has 4 atom stereocenters. The van der Waals surface area contributed by atoms with E-state index in [9.17, 15) is 0 Å². The Kier molecular flexibility index (Phi) is 1.88. The Morgan fingerprint density at radius 3 is 1.83 bits per heavy atom. The van der Waals surface area contributed by atoms with Crippen molar-refractivity contribution in [2.75, 3.05) is 20.1 Å². The van der Waals surface area contributed by atoms with Crippen LogP contribution in [0.3, 0.4) is 0 Å². The fourth-order valence-corrected chi connectivity index (χ4v) is 2.60. The lowest BCUT2D eigenvalue weighted by molar-refractivity contribution is 0.292. The average Bonchev–Trinajstić information content (AvgIpc) is 2.41. The Bertz CT molecular complexity index is 213. The van der Waals surface area contributed by atoms with Crippen LogP contribution in [-0.4, -0.2) is 25.0 Å². The van der Waals surface area contributed by atoms with Crippen molar-refractivity contribution in [3.05, 3.63) is 0 Å². The molecule has 1 aliphatic carbocycles. The minimum atomic E-state index is 0.621. The van der Waals surface area contributed by atoms with E-state index in [1.54, 1.807) is 0 Å². The molecule has 0 radical (unpaired) electrons. The summed E-state index contributed by atoms with van der Waals surface area (Å²) in [6, 6.07) is 0. The second-order valence-corrected chi connectivity index (χ2v) is 4.41. The maximum Gasteiger partial charge on any atom is 0.0218 e. The van der Waals surface area contributed by atoms with Gasteiger partial charge in [-0.2, -0.15) is 0 Å². The predicted octanol–water partition coefficient (Wildman–Crippen LogP) is 1.45. The van der Waals surface area contributed by atoms with Gasteiger partial charge in [0.25, 0.3) is 0 Å². The summed E-state index contributed by atoms with van der Waals surface area (Å²) in [5.74, 6) is 9.62. The Hall–Kier alpha value is -0.480. The molecule has 0 amide bonds. The standard InChI is InChI=1S/C11H17N/c1-8-4-5-9(2)11-7-12(3)6-10(8)11/h8-11H,6-7H2,1-3H3. The molecule has 4 unspecified atom stereocenters. The SMILES string of the molecule is CC1C#CC(C)C2CN(C)CC12. The van der Waals surface area contributed by atoms with Gasteiger partial charge < -0.3 is 4.90 Å². The number of likely N-dealkylation sites (tertiary alicyclic amines) is 1. The van der Waals surface area contributed by atoms with Crippen LogP contribution in [0.4, 0.5) is 0 Å². The van der Waals surface area contributed by atoms with Crippen molar-refractivity contribution in [1.82, 2.24) is 4.90 Å². The van der Waals surface area contributed by atoms with Crippen LogP contribution in [0.1, 0.15) is 13.8 Å². The third-order valence-corrected chi connectivity index (χ3v) is 3.42. The van der Waals surface area contributed by atoms with E-state index >= 15 is 0 Å². The van der Waals surface area contributed by atoms with Gasteiger partial charge in [0, 0.05) is 24.9 Å². The summed E-state index contributed by atoms with van der Waals surface area (Å²) in [7, 11) is 2.22. The highest BCUT2D eigenvalue weighted by Crippen LogP contribution is 2.36. The van der Waals surface area contributed by atoms with Gasteiger partial charge in [-0.3, -0.25) is 0 Å². The monoisotopic (exact) mass is 163 g/mol. The fourth-order valence-electron chi connectivity index (χ4n) is 2.60. The molecule has 1 fully saturated rings. The molecule has 0 aromatic rings. The second-order valence-electron chi connectivity index (χ2n) is 4.41. The van der Waals surface area contributed by atoms with Gasteiger partial charge >= 0.3 is 0 Å². The highest BCUT2D eigenvalue weighted by molar-refractivity contribution is 5.16. The van der Waals surface area contributed by atoms with E-state index in [-0.39, 0.29) is 0 Å². The lowest BCUT2D eigenvalue weighted by atomic mass is 9.75. The molecule has 1 aliphatic heterocycles. The van der Waals surface area contributed by atoms with Gasteiger partial charge in [-0.15, -0.1) is 0 Å². The van der Waals surface area contributed by atoms with Crippen LogP contribution < -0.4 is 0 Å². The van der Waals surface area contributed by atoms with Gasteiger partial charge in [-0.1, -0.05) is 25.7 Å². The first-order valence-electron chi connectivity index (χ1n) is 4.88. The molecular formula is C11H17N. The minimum absolute atomic E-state index is 0.621. The van der Waals surface area contributed by atoms with E-state index < -0.39 is 0 Å². The summed E-state index contributed by atoms with van der Waals surface area (Å²) in [6.07, 6.45) is 0. The first kappa shape index (κ1) is 8.13. The first-order valence-corrected chi connectivity index (χ1v) is 4.88. The molecule has 0 bridgehead atoms. The van der Waals surface area contributed by atoms with Crippen LogP contribution in [0.2, 0.25) is 0 Å². The molecule has 1 nitrogen and oxygen atoms in total. The zero-order valence-electron chi connectivity index (χ0n) is 8.17. The number of nitrogens with zero attached hydrogens (tertiary/aromatic N) is 1. The smallest absolute Gasteiger partial charge is 0.0218 e. The number of rotatable bonds is 0. The summed E-state index contributed by atoms with van der Waals surface area (Å²) < 4.78 is 0. The van der Waals surface area contributed by atoms with Crippen molar-refractivity contribution in [1.29, 1.82) is 0 Å². The van der Waals surface area contributed by atoms with Crippen molar-refractivity contribution in [2.45, 2.75) is 13.8 Å². The van der Waals surface area contributed by atoms with Gasteiger partial charge in [-0.25, -0.2) is 0 Å². The fraction of sp³-hybridized carbons (Fsp3) is 0.818. The molecular weight excluding hydrogens is 146 g/mol. The number of hydrogen-bond acceptors (Lipinski definition) is 1. The van der Waals surface area contributed by atoms with Crippen LogP contribution in [-0.2, 0) is 0 Å². The lowest BCUT2D eigenvalue weighted by Gasteiger charge is -2.27. The summed E-state index contributed by atoms with van der Waals surface area (Å²) in [5, 5.41) is 0. The molecule has 0 spiro atoms. The lowest BCUT2D eigenvalue weighted by Crippen LogP contribution is -2.27. The number of fused-ring (bicyclic) bond motifs is 1. The van der Waals surface area contributed by atoms with E-state index in [1.807, 2.05) is 0 Å². The van der Waals surface area contributed by atoms with Gasteiger partial charge in [-0.05, 0) is 18.9 Å². The molecule has 0 N–H and O–H groups in total. The Morgan fingerprint density at radius 1 is 1.00 bits per heavy atom. The third kappa shape index (κ3) is 1.15. The number of hydrogen-bond donors (Lipinski definition) is 0. The predicted molar refractivity (Wildman–Crippen MR) is 50.6 cm³/mol. The molecule has 2 aliphatic rings. The normalized spacial score (nSPS) is 46.6. The van der Waals surface area contributed by atoms with Crippen LogP contribution in [0, 0.1) is 35.5 Å². The Morgan fingerprint density at radius 2 is 1.42 bits per heavy atom. The van der Waals surface area contributed by atoms with Gasteiger partial charge in [0.15, 0.2) is 0 Å². The maximum atomic E-state index is 3.35. The van der Waals surface area contributed by atoms with E-state index in [1.165, 1.54) is 13.1 Å². The van der Waals surface area contributed by atoms with E-state index in [2.05, 4.69) is 37.6 Å². The van der Waals surface area contributed by atoms with Crippen molar-refractivity contribution < 1.29 is 0 Å². The summed E-state index contributed by atoms with van der Waals surface area (Å²) in [4.78, 5) is 2.44. The van der Waals surface area contributed by atoms with E-state index in [0.29, 0.717) is 11.8 Å². The van der Waals surface area contributed by atoms with Crippen LogP contribution in [0.5, 0.6) is 0 Å². The van der Waals surface area contributed by atoms with E-state index in [0.717, 1.165) is 11.8 Å². The maximum absolute atomic E-state index is 3.35. The van der Waals surface area contributed by atoms with Gasteiger partial charge in [0.05, 0.1) is 0 Å². The molecule has 1 heterocycles. The summed E-state index contributed by atoms with van der Waals surface area (Å²) in [5.41, 5.74) is 0. The largest absolute Gasteiger partial charge is 0.306 e. The second kappa shape index (κ2) is 2.78. The van der Waals surface area contributed by atoms with Crippen molar-refractivity contribution in [3.8, 4) is 11.8 Å². The molecule has 1 saturated heterocycles. The van der Waals surface area contributed by atoms with Crippen molar-refractivity contribution in [3.63, 3.8) is 0 Å². The highest BCUT2D eigenvalue weighted by atomic mass is 15.1. The molecule has 0 aromatic heterocycles. The summed E-state index contributed by atoms with van der Waals surface area (Å²) >= 11 is 0. The van der Waals surface area contributed by atoms with E-state index in [4.69, 9.17) is 0 Å². The zero-order valence-corrected chi connectivity index (χ0v) is 8.17. The molecule has 1 heteroatoms.